The van der Waals surface area contributed by atoms with Gasteiger partial charge in [-0.25, -0.2) is 0 Å². The average Bonchev–Trinajstić information content (AvgIpc) is 2.35. The lowest BCUT2D eigenvalue weighted by Crippen LogP contribution is -2.31. The zero-order valence-electron chi connectivity index (χ0n) is 12.4. The van der Waals surface area contributed by atoms with E-state index >= 15 is 0 Å². The second-order valence-corrected chi connectivity index (χ2v) is 5.34. The molecule has 1 unspecified atom stereocenters. The van der Waals surface area contributed by atoms with Crippen LogP contribution in [0, 0.1) is 11.3 Å². The average molecular weight is 255 g/mol. The van der Waals surface area contributed by atoms with Gasteiger partial charge in [0.15, 0.2) is 5.96 Å². The van der Waals surface area contributed by atoms with E-state index in [0.717, 1.165) is 18.9 Å². The van der Waals surface area contributed by atoms with E-state index in [-0.39, 0.29) is 5.96 Å². The summed E-state index contributed by atoms with van der Waals surface area (Å²) in [5.41, 5.74) is 5.28. The SMILES string of the molecule is CCCCCCC(CCCC)CCCNC(=N)N. The fourth-order valence-electron chi connectivity index (χ4n) is 2.40. The zero-order chi connectivity index (χ0) is 13.6. The Morgan fingerprint density at radius 1 is 0.944 bits per heavy atom. The fourth-order valence-corrected chi connectivity index (χ4v) is 2.40. The Morgan fingerprint density at radius 2 is 1.56 bits per heavy atom. The standard InChI is InChI=1S/C15H33N3/c1-3-5-7-8-11-14(10-6-4-2)12-9-13-18-15(16)17/h14H,3-13H2,1-2H3,(H4,16,17,18). The number of guanidine groups is 1. The second-order valence-electron chi connectivity index (χ2n) is 5.34. The Morgan fingerprint density at radius 3 is 2.17 bits per heavy atom. The molecule has 0 rings (SSSR count). The van der Waals surface area contributed by atoms with Gasteiger partial charge >= 0.3 is 0 Å². The van der Waals surface area contributed by atoms with Gasteiger partial charge in [0.1, 0.15) is 0 Å². The Hall–Kier alpha value is -0.730. The third-order valence-corrected chi connectivity index (χ3v) is 3.54. The molecule has 0 aliphatic carbocycles. The summed E-state index contributed by atoms with van der Waals surface area (Å²) in [6, 6.07) is 0. The summed E-state index contributed by atoms with van der Waals surface area (Å²) >= 11 is 0. The molecule has 0 aromatic carbocycles. The predicted octanol–water partition coefficient (Wildman–Crippen LogP) is 4.03. The van der Waals surface area contributed by atoms with Crippen LogP contribution >= 0.6 is 0 Å². The fraction of sp³-hybridized carbons (Fsp3) is 0.933. The van der Waals surface area contributed by atoms with Crippen molar-refractivity contribution in [2.75, 3.05) is 6.54 Å². The first-order chi connectivity index (χ1) is 8.70. The number of hydrogen-bond acceptors (Lipinski definition) is 1. The van der Waals surface area contributed by atoms with E-state index in [0.29, 0.717) is 0 Å². The summed E-state index contributed by atoms with van der Waals surface area (Å²) in [5.74, 6) is 0.985. The molecule has 108 valence electrons. The minimum absolute atomic E-state index is 0.100. The smallest absolute Gasteiger partial charge is 0.185 e. The van der Waals surface area contributed by atoms with E-state index < -0.39 is 0 Å². The first-order valence-electron chi connectivity index (χ1n) is 7.78. The number of nitrogens with two attached hydrogens (primary N) is 1. The maximum Gasteiger partial charge on any atom is 0.185 e. The quantitative estimate of drug-likeness (QED) is 0.280. The van der Waals surface area contributed by atoms with Crippen LogP contribution in [0.2, 0.25) is 0 Å². The van der Waals surface area contributed by atoms with E-state index in [9.17, 15) is 0 Å². The molecule has 0 radical (unpaired) electrons. The topological polar surface area (TPSA) is 61.9 Å². The van der Waals surface area contributed by atoms with Crippen LogP contribution < -0.4 is 11.1 Å². The summed E-state index contributed by atoms with van der Waals surface area (Å²) in [5, 5.41) is 10.0. The van der Waals surface area contributed by atoms with Gasteiger partial charge in [0.05, 0.1) is 0 Å². The van der Waals surface area contributed by atoms with Crippen molar-refractivity contribution in [1.82, 2.24) is 5.32 Å². The molecular formula is C15H33N3. The monoisotopic (exact) mass is 255 g/mol. The van der Waals surface area contributed by atoms with Crippen LogP contribution in [0.25, 0.3) is 0 Å². The van der Waals surface area contributed by atoms with Crippen molar-refractivity contribution in [3.05, 3.63) is 0 Å². The Labute approximate surface area is 113 Å². The normalized spacial score (nSPS) is 12.3. The summed E-state index contributed by atoms with van der Waals surface area (Å²) in [7, 11) is 0. The van der Waals surface area contributed by atoms with Gasteiger partial charge in [-0.05, 0) is 18.8 Å². The van der Waals surface area contributed by atoms with Gasteiger partial charge in [0.2, 0.25) is 0 Å². The molecule has 4 N–H and O–H groups in total. The van der Waals surface area contributed by atoms with Crippen molar-refractivity contribution in [3.63, 3.8) is 0 Å². The van der Waals surface area contributed by atoms with Crippen molar-refractivity contribution in [2.45, 2.75) is 78.1 Å². The van der Waals surface area contributed by atoms with Crippen molar-refractivity contribution in [1.29, 1.82) is 5.41 Å². The van der Waals surface area contributed by atoms with E-state index in [1.807, 2.05) is 0 Å². The minimum atomic E-state index is 0.100. The third-order valence-electron chi connectivity index (χ3n) is 3.54. The number of rotatable bonds is 12. The summed E-state index contributed by atoms with van der Waals surface area (Å²) < 4.78 is 0. The van der Waals surface area contributed by atoms with Gasteiger partial charge in [0.25, 0.3) is 0 Å². The Kier molecular flexibility index (Phi) is 12.2. The number of hydrogen-bond donors (Lipinski definition) is 3. The van der Waals surface area contributed by atoms with Crippen LogP contribution in [0.3, 0.4) is 0 Å². The molecular weight excluding hydrogens is 222 g/mol. The van der Waals surface area contributed by atoms with E-state index in [4.69, 9.17) is 11.1 Å². The van der Waals surface area contributed by atoms with Gasteiger partial charge in [-0.2, -0.15) is 0 Å². The molecule has 0 aliphatic rings. The highest BCUT2D eigenvalue weighted by Gasteiger charge is 2.07. The third kappa shape index (κ3) is 11.7. The second kappa shape index (κ2) is 12.7. The van der Waals surface area contributed by atoms with E-state index in [1.165, 1.54) is 57.8 Å². The van der Waals surface area contributed by atoms with Crippen molar-refractivity contribution in [3.8, 4) is 0 Å². The zero-order valence-corrected chi connectivity index (χ0v) is 12.4. The van der Waals surface area contributed by atoms with Crippen molar-refractivity contribution >= 4 is 5.96 Å². The highest BCUT2D eigenvalue weighted by molar-refractivity contribution is 5.74. The van der Waals surface area contributed by atoms with E-state index in [1.54, 1.807) is 0 Å². The largest absolute Gasteiger partial charge is 0.370 e. The molecule has 18 heavy (non-hydrogen) atoms. The van der Waals surface area contributed by atoms with Crippen LogP contribution in [0.4, 0.5) is 0 Å². The van der Waals surface area contributed by atoms with Crippen LogP contribution in [0.1, 0.15) is 78.1 Å². The highest BCUT2D eigenvalue weighted by atomic mass is 15.0. The molecule has 0 aliphatic heterocycles. The first-order valence-corrected chi connectivity index (χ1v) is 7.78. The van der Waals surface area contributed by atoms with Crippen LogP contribution in [0.5, 0.6) is 0 Å². The summed E-state index contributed by atoms with van der Waals surface area (Å²) in [6.07, 6.45) is 13.3. The highest BCUT2D eigenvalue weighted by Crippen LogP contribution is 2.21. The molecule has 0 saturated heterocycles. The maximum absolute atomic E-state index is 7.11. The summed E-state index contributed by atoms with van der Waals surface area (Å²) in [6.45, 7) is 5.39. The van der Waals surface area contributed by atoms with Crippen molar-refractivity contribution < 1.29 is 0 Å². The number of nitrogens with one attached hydrogen (secondary N) is 2. The molecule has 0 bridgehead atoms. The van der Waals surface area contributed by atoms with E-state index in [2.05, 4.69) is 19.2 Å². The molecule has 0 fully saturated rings. The summed E-state index contributed by atoms with van der Waals surface area (Å²) in [4.78, 5) is 0. The van der Waals surface area contributed by atoms with Crippen LogP contribution in [-0.2, 0) is 0 Å². The molecule has 3 heteroatoms. The minimum Gasteiger partial charge on any atom is -0.370 e. The molecule has 0 amide bonds. The predicted molar refractivity (Wildman–Crippen MR) is 80.9 cm³/mol. The van der Waals surface area contributed by atoms with Crippen LogP contribution in [-0.4, -0.2) is 12.5 Å². The van der Waals surface area contributed by atoms with Gasteiger partial charge in [0, 0.05) is 6.54 Å². The maximum atomic E-state index is 7.11. The van der Waals surface area contributed by atoms with Gasteiger partial charge in [-0.3, -0.25) is 5.41 Å². The Balaban J connectivity index is 3.65. The molecule has 0 aromatic heterocycles. The number of unbranched alkanes of at least 4 members (excludes halogenated alkanes) is 4. The van der Waals surface area contributed by atoms with Gasteiger partial charge in [-0.1, -0.05) is 65.2 Å². The molecule has 0 heterocycles. The molecule has 1 atom stereocenters. The molecule has 3 nitrogen and oxygen atoms in total. The lowest BCUT2D eigenvalue weighted by atomic mass is 9.91. The molecule has 0 aromatic rings. The lowest BCUT2D eigenvalue weighted by molar-refractivity contribution is 0.379. The van der Waals surface area contributed by atoms with Crippen molar-refractivity contribution in [2.24, 2.45) is 11.7 Å². The first kappa shape index (κ1) is 17.3. The molecule has 0 spiro atoms. The van der Waals surface area contributed by atoms with Gasteiger partial charge < -0.3 is 11.1 Å². The van der Waals surface area contributed by atoms with Crippen LogP contribution in [0.15, 0.2) is 0 Å². The molecule has 0 saturated carbocycles. The lowest BCUT2D eigenvalue weighted by Gasteiger charge is -2.16. The van der Waals surface area contributed by atoms with Gasteiger partial charge in [-0.15, -0.1) is 0 Å². The Bertz CT molecular complexity index is 192.